The van der Waals surface area contributed by atoms with Crippen molar-refractivity contribution in [3.8, 4) is 0 Å². The molecule has 1 aliphatic heterocycles. The monoisotopic (exact) mass is 361 g/mol. The molecule has 1 aliphatic rings. The van der Waals surface area contributed by atoms with Crippen LogP contribution in [0.25, 0.3) is 0 Å². The van der Waals surface area contributed by atoms with Gasteiger partial charge < -0.3 is 15.1 Å². The second-order valence-electron chi connectivity index (χ2n) is 5.90. The maximum Gasteiger partial charge on any atom is 0.274 e. The van der Waals surface area contributed by atoms with Crippen molar-refractivity contribution in [1.82, 2.24) is 14.9 Å². The fraction of sp³-hybridized carbons (Fsp3) is 0.294. The molecular weight excluding hydrogens is 344 g/mol. The van der Waals surface area contributed by atoms with Crippen molar-refractivity contribution in [3.63, 3.8) is 0 Å². The molecule has 1 aromatic carbocycles. The first-order valence-corrected chi connectivity index (χ1v) is 8.02. The Morgan fingerprint density at radius 3 is 2.54 bits per heavy atom. The molecule has 2 heterocycles. The second kappa shape index (κ2) is 7.42. The Bertz CT molecular complexity index is 838. The van der Waals surface area contributed by atoms with E-state index >= 15 is 0 Å². The number of benzene rings is 1. The molecule has 0 bridgehead atoms. The molecule has 7 nitrogen and oxygen atoms in total. The summed E-state index contributed by atoms with van der Waals surface area (Å²) in [5, 5.41) is 2.38. The van der Waals surface area contributed by atoms with Gasteiger partial charge in [0, 0.05) is 37.9 Å². The molecule has 3 rings (SSSR count). The summed E-state index contributed by atoms with van der Waals surface area (Å²) in [5.74, 6) is -1.83. The van der Waals surface area contributed by atoms with E-state index in [2.05, 4.69) is 15.3 Å². The normalized spacial score (nSPS) is 14.3. The summed E-state index contributed by atoms with van der Waals surface area (Å²) in [6.07, 6.45) is 0.796. The van der Waals surface area contributed by atoms with Crippen molar-refractivity contribution >= 4 is 24.0 Å². The van der Waals surface area contributed by atoms with Crippen molar-refractivity contribution in [1.29, 1.82) is 0 Å². The van der Waals surface area contributed by atoms with Crippen LogP contribution in [0.1, 0.15) is 16.2 Å². The van der Waals surface area contributed by atoms with Crippen LogP contribution >= 0.6 is 0 Å². The number of piperazine rings is 1. The summed E-state index contributed by atoms with van der Waals surface area (Å²) in [6, 6.07) is 4.39. The van der Waals surface area contributed by atoms with E-state index in [1.165, 1.54) is 6.07 Å². The highest BCUT2D eigenvalue weighted by molar-refractivity contribution is 6.03. The third-order valence-electron chi connectivity index (χ3n) is 4.00. The highest BCUT2D eigenvalue weighted by Gasteiger charge is 2.20. The maximum absolute atomic E-state index is 13.7. The van der Waals surface area contributed by atoms with Crippen molar-refractivity contribution in [2.24, 2.45) is 0 Å². The zero-order valence-electron chi connectivity index (χ0n) is 14.1. The molecule has 1 aromatic heterocycles. The minimum atomic E-state index is -0.866. The summed E-state index contributed by atoms with van der Waals surface area (Å²) in [7, 11) is 0. The zero-order chi connectivity index (χ0) is 18.7. The highest BCUT2D eigenvalue weighted by Crippen LogP contribution is 2.17. The number of hydrogen-bond donors (Lipinski definition) is 1. The molecule has 0 atom stereocenters. The van der Waals surface area contributed by atoms with E-state index in [-0.39, 0.29) is 11.4 Å². The number of aromatic nitrogens is 2. The Kier molecular flexibility index (Phi) is 5.06. The second-order valence-corrected chi connectivity index (χ2v) is 5.90. The average molecular weight is 361 g/mol. The van der Waals surface area contributed by atoms with Gasteiger partial charge >= 0.3 is 0 Å². The molecule has 9 heteroatoms. The lowest BCUT2D eigenvalue weighted by Crippen LogP contribution is -2.46. The lowest BCUT2D eigenvalue weighted by molar-refractivity contribution is -0.118. The predicted molar refractivity (Wildman–Crippen MR) is 90.9 cm³/mol. The van der Waals surface area contributed by atoms with Gasteiger partial charge in [0.25, 0.3) is 5.91 Å². The van der Waals surface area contributed by atoms with Crippen LogP contribution in [0.5, 0.6) is 0 Å². The standard InChI is InChI=1S/C17H17F2N5O2/c1-11-8-15(16(26)21-14-3-2-12(18)9-13(14)19)22-17(20-11)24-6-4-23(10-25)5-7-24/h2-3,8-10H,4-7H2,1H3,(H,21,26). The van der Waals surface area contributed by atoms with Gasteiger partial charge in [0.05, 0.1) is 5.69 Å². The van der Waals surface area contributed by atoms with E-state index in [9.17, 15) is 18.4 Å². The lowest BCUT2D eigenvalue weighted by atomic mass is 10.2. The number of hydrogen-bond acceptors (Lipinski definition) is 5. The van der Waals surface area contributed by atoms with E-state index < -0.39 is 17.5 Å². The van der Waals surface area contributed by atoms with Gasteiger partial charge in [-0.05, 0) is 25.1 Å². The Balaban J connectivity index is 1.78. The quantitative estimate of drug-likeness (QED) is 0.837. The molecule has 1 N–H and O–H groups in total. The van der Waals surface area contributed by atoms with Crippen LogP contribution in [0, 0.1) is 18.6 Å². The number of rotatable bonds is 4. The van der Waals surface area contributed by atoms with E-state index in [1.807, 2.05) is 4.90 Å². The molecule has 0 unspecified atom stereocenters. The topological polar surface area (TPSA) is 78.4 Å². The molecule has 1 fully saturated rings. The van der Waals surface area contributed by atoms with E-state index in [0.717, 1.165) is 18.5 Å². The minimum absolute atomic E-state index is 0.0778. The molecule has 2 amide bonds. The van der Waals surface area contributed by atoms with Crippen molar-refractivity contribution < 1.29 is 18.4 Å². The van der Waals surface area contributed by atoms with Gasteiger partial charge in [-0.3, -0.25) is 9.59 Å². The molecule has 0 aliphatic carbocycles. The van der Waals surface area contributed by atoms with Crippen molar-refractivity contribution in [2.75, 3.05) is 36.4 Å². The van der Waals surface area contributed by atoms with Crippen LogP contribution in [0.2, 0.25) is 0 Å². The Labute approximate surface area is 148 Å². The molecule has 136 valence electrons. The number of halogens is 2. The van der Waals surface area contributed by atoms with Crippen LogP contribution in [-0.4, -0.2) is 53.4 Å². The summed E-state index contributed by atoms with van der Waals surface area (Å²) in [5.41, 5.74) is 0.528. The number of carbonyl (C=O) groups is 2. The molecule has 0 spiro atoms. The average Bonchev–Trinajstić information content (AvgIpc) is 2.63. The number of aryl methyl sites for hydroxylation is 1. The molecule has 0 radical (unpaired) electrons. The first kappa shape index (κ1) is 17.7. The van der Waals surface area contributed by atoms with E-state index in [1.54, 1.807) is 11.8 Å². The molecule has 2 aromatic rings. The SMILES string of the molecule is Cc1cc(C(=O)Nc2ccc(F)cc2F)nc(N2CCN(C=O)CC2)n1. The maximum atomic E-state index is 13.7. The first-order valence-electron chi connectivity index (χ1n) is 8.02. The Morgan fingerprint density at radius 1 is 1.15 bits per heavy atom. The lowest BCUT2D eigenvalue weighted by Gasteiger charge is -2.32. The van der Waals surface area contributed by atoms with Gasteiger partial charge in [-0.2, -0.15) is 0 Å². The summed E-state index contributed by atoms with van der Waals surface area (Å²) < 4.78 is 26.7. The van der Waals surface area contributed by atoms with Crippen LogP contribution in [0.3, 0.4) is 0 Å². The number of nitrogens with zero attached hydrogens (tertiary/aromatic N) is 4. The number of amides is 2. The van der Waals surface area contributed by atoms with Gasteiger partial charge in [0.1, 0.15) is 17.3 Å². The Morgan fingerprint density at radius 2 is 1.88 bits per heavy atom. The molecule has 26 heavy (non-hydrogen) atoms. The zero-order valence-corrected chi connectivity index (χ0v) is 14.1. The number of nitrogens with one attached hydrogen (secondary N) is 1. The van der Waals surface area contributed by atoms with Crippen LogP contribution in [0.4, 0.5) is 20.4 Å². The largest absolute Gasteiger partial charge is 0.342 e. The van der Waals surface area contributed by atoms with Gasteiger partial charge in [0.2, 0.25) is 12.4 Å². The van der Waals surface area contributed by atoms with E-state index in [4.69, 9.17) is 0 Å². The summed E-state index contributed by atoms with van der Waals surface area (Å²) >= 11 is 0. The first-order chi connectivity index (χ1) is 12.5. The third kappa shape index (κ3) is 3.93. The smallest absolute Gasteiger partial charge is 0.274 e. The van der Waals surface area contributed by atoms with Crippen LogP contribution in [-0.2, 0) is 4.79 Å². The number of anilines is 2. The Hall–Kier alpha value is -3.10. The molecular formula is C17H17F2N5O2. The predicted octanol–water partition coefficient (Wildman–Crippen LogP) is 1.59. The third-order valence-corrected chi connectivity index (χ3v) is 4.00. The van der Waals surface area contributed by atoms with Crippen molar-refractivity contribution in [2.45, 2.75) is 6.92 Å². The molecule has 0 saturated carbocycles. The van der Waals surface area contributed by atoms with Crippen LogP contribution in [0.15, 0.2) is 24.3 Å². The summed E-state index contributed by atoms with van der Waals surface area (Å²) in [4.78, 5) is 35.3. The minimum Gasteiger partial charge on any atom is -0.342 e. The van der Waals surface area contributed by atoms with Gasteiger partial charge in [-0.15, -0.1) is 0 Å². The van der Waals surface area contributed by atoms with Crippen LogP contribution < -0.4 is 10.2 Å². The van der Waals surface area contributed by atoms with Gasteiger partial charge in [-0.25, -0.2) is 18.7 Å². The fourth-order valence-corrected chi connectivity index (χ4v) is 2.62. The van der Waals surface area contributed by atoms with Gasteiger partial charge in [0.15, 0.2) is 0 Å². The summed E-state index contributed by atoms with van der Waals surface area (Å²) in [6.45, 7) is 3.92. The van der Waals surface area contributed by atoms with Gasteiger partial charge in [-0.1, -0.05) is 0 Å². The van der Waals surface area contributed by atoms with E-state index in [0.29, 0.717) is 43.9 Å². The number of carbonyl (C=O) groups excluding carboxylic acids is 2. The fourth-order valence-electron chi connectivity index (χ4n) is 2.62. The van der Waals surface area contributed by atoms with Crippen molar-refractivity contribution in [3.05, 3.63) is 47.3 Å². The molecule has 1 saturated heterocycles. The highest BCUT2D eigenvalue weighted by atomic mass is 19.1.